The fourth-order valence-corrected chi connectivity index (χ4v) is 2.56. The SMILES string of the molecule is O=C(NC(CCO)C1CC1)c1cncn1-c1ccccc1. The van der Waals surface area contributed by atoms with Crippen LogP contribution in [0.2, 0.25) is 0 Å². The number of aromatic nitrogens is 2. The molecular formula is C16H19N3O2. The van der Waals surface area contributed by atoms with Crippen molar-refractivity contribution in [2.75, 3.05) is 6.61 Å². The summed E-state index contributed by atoms with van der Waals surface area (Å²) in [4.78, 5) is 16.5. The molecule has 0 bridgehead atoms. The highest BCUT2D eigenvalue weighted by Crippen LogP contribution is 2.34. The Morgan fingerprint density at radius 1 is 1.38 bits per heavy atom. The maximum atomic E-state index is 12.5. The molecule has 21 heavy (non-hydrogen) atoms. The number of imidazole rings is 1. The van der Waals surface area contributed by atoms with Gasteiger partial charge in [-0.05, 0) is 37.3 Å². The molecule has 0 saturated heterocycles. The van der Waals surface area contributed by atoms with Gasteiger partial charge in [-0.3, -0.25) is 9.36 Å². The van der Waals surface area contributed by atoms with E-state index in [0.29, 0.717) is 18.0 Å². The van der Waals surface area contributed by atoms with Crippen LogP contribution in [-0.2, 0) is 0 Å². The number of para-hydroxylation sites is 1. The van der Waals surface area contributed by atoms with Gasteiger partial charge < -0.3 is 10.4 Å². The first-order valence-electron chi connectivity index (χ1n) is 7.29. The Morgan fingerprint density at radius 2 is 2.14 bits per heavy atom. The van der Waals surface area contributed by atoms with Gasteiger partial charge in [-0.15, -0.1) is 0 Å². The molecule has 1 atom stereocenters. The van der Waals surface area contributed by atoms with E-state index in [4.69, 9.17) is 5.11 Å². The Labute approximate surface area is 123 Å². The topological polar surface area (TPSA) is 67.2 Å². The number of benzene rings is 1. The van der Waals surface area contributed by atoms with E-state index in [1.54, 1.807) is 17.1 Å². The summed E-state index contributed by atoms with van der Waals surface area (Å²) in [6, 6.07) is 9.72. The van der Waals surface area contributed by atoms with Crippen molar-refractivity contribution >= 4 is 5.91 Å². The third-order valence-corrected chi connectivity index (χ3v) is 3.85. The van der Waals surface area contributed by atoms with Crippen LogP contribution in [-0.4, -0.2) is 33.2 Å². The fraction of sp³-hybridized carbons (Fsp3) is 0.375. The van der Waals surface area contributed by atoms with Gasteiger partial charge in [-0.2, -0.15) is 0 Å². The van der Waals surface area contributed by atoms with Crippen molar-refractivity contribution in [3.63, 3.8) is 0 Å². The van der Waals surface area contributed by atoms with Crippen LogP contribution < -0.4 is 5.32 Å². The predicted molar refractivity (Wildman–Crippen MR) is 79.2 cm³/mol. The van der Waals surface area contributed by atoms with Crippen molar-refractivity contribution in [1.29, 1.82) is 0 Å². The fourth-order valence-electron chi connectivity index (χ4n) is 2.56. The molecule has 1 saturated carbocycles. The molecule has 0 spiro atoms. The van der Waals surface area contributed by atoms with Crippen LogP contribution in [0.1, 0.15) is 29.8 Å². The summed E-state index contributed by atoms with van der Waals surface area (Å²) >= 11 is 0. The van der Waals surface area contributed by atoms with Gasteiger partial charge in [-0.25, -0.2) is 4.98 Å². The van der Waals surface area contributed by atoms with Crippen molar-refractivity contribution in [3.8, 4) is 5.69 Å². The Kier molecular flexibility index (Phi) is 4.01. The highest BCUT2D eigenvalue weighted by Gasteiger charge is 2.32. The van der Waals surface area contributed by atoms with Crippen LogP contribution in [0.5, 0.6) is 0 Å². The minimum Gasteiger partial charge on any atom is -0.396 e. The summed E-state index contributed by atoms with van der Waals surface area (Å²) in [5.74, 6) is 0.371. The van der Waals surface area contributed by atoms with Gasteiger partial charge >= 0.3 is 0 Å². The largest absolute Gasteiger partial charge is 0.396 e. The van der Waals surface area contributed by atoms with Crippen LogP contribution in [0.15, 0.2) is 42.9 Å². The minimum atomic E-state index is -0.137. The molecule has 1 unspecified atom stereocenters. The molecule has 1 aromatic heterocycles. The van der Waals surface area contributed by atoms with E-state index in [1.165, 1.54) is 0 Å². The molecule has 1 aliphatic carbocycles. The summed E-state index contributed by atoms with van der Waals surface area (Å²) in [6.45, 7) is 0.0966. The van der Waals surface area contributed by atoms with Gasteiger partial charge in [0, 0.05) is 18.3 Å². The van der Waals surface area contributed by atoms with Gasteiger partial charge in [0.05, 0.1) is 12.5 Å². The number of carbonyl (C=O) groups excluding carboxylic acids is 1. The second-order valence-corrected chi connectivity index (χ2v) is 5.41. The molecule has 1 fully saturated rings. The zero-order valence-corrected chi connectivity index (χ0v) is 11.8. The van der Waals surface area contributed by atoms with Crippen molar-refractivity contribution in [1.82, 2.24) is 14.9 Å². The van der Waals surface area contributed by atoms with Gasteiger partial charge in [0.1, 0.15) is 5.69 Å². The van der Waals surface area contributed by atoms with Crippen LogP contribution in [0, 0.1) is 5.92 Å². The van der Waals surface area contributed by atoms with E-state index in [2.05, 4.69) is 10.3 Å². The zero-order valence-electron chi connectivity index (χ0n) is 11.8. The van der Waals surface area contributed by atoms with E-state index in [1.807, 2.05) is 30.3 Å². The smallest absolute Gasteiger partial charge is 0.270 e. The zero-order chi connectivity index (χ0) is 14.7. The first kappa shape index (κ1) is 13.8. The molecule has 1 amide bonds. The number of nitrogens with zero attached hydrogens (tertiary/aromatic N) is 2. The Bertz CT molecular complexity index is 605. The molecule has 5 nitrogen and oxygen atoms in total. The van der Waals surface area contributed by atoms with Crippen LogP contribution >= 0.6 is 0 Å². The van der Waals surface area contributed by atoms with Crippen LogP contribution in [0.25, 0.3) is 5.69 Å². The van der Waals surface area contributed by atoms with E-state index < -0.39 is 0 Å². The summed E-state index contributed by atoms with van der Waals surface area (Å²) < 4.78 is 1.78. The van der Waals surface area contributed by atoms with Gasteiger partial charge in [0.15, 0.2) is 0 Å². The molecule has 110 valence electrons. The van der Waals surface area contributed by atoms with Crippen molar-refractivity contribution in [2.45, 2.75) is 25.3 Å². The molecule has 1 aromatic carbocycles. The molecule has 0 aliphatic heterocycles. The standard InChI is InChI=1S/C16H19N3O2/c20-9-8-14(12-6-7-12)18-16(21)15-10-17-11-19(15)13-4-2-1-3-5-13/h1-5,10-12,14,20H,6-9H2,(H,18,21). The third kappa shape index (κ3) is 3.13. The highest BCUT2D eigenvalue weighted by molar-refractivity contribution is 5.93. The number of hydrogen-bond donors (Lipinski definition) is 2. The maximum Gasteiger partial charge on any atom is 0.270 e. The molecule has 2 N–H and O–H groups in total. The molecule has 1 aliphatic rings. The summed E-state index contributed by atoms with van der Waals surface area (Å²) in [5.41, 5.74) is 1.43. The first-order valence-corrected chi connectivity index (χ1v) is 7.29. The summed E-state index contributed by atoms with van der Waals surface area (Å²) in [5, 5.41) is 12.2. The number of aliphatic hydroxyl groups is 1. The predicted octanol–water partition coefficient (Wildman–Crippen LogP) is 1.76. The second-order valence-electron chi connectivity index (χ2n) is 5.41. The Morgan fingerprint density at radius 3 is 2.81 bits per heavy atom. The number of amides is 1. The Hall–Kier alpha value is -2.14. The molecule has 3 rings (SSSR count). The molecule has 1 heterocycles. The Balaban J connectivity index is 1.77. The van der Waals surface area contributed by atoms with Crippen LogP contribution in [0.3, 0.4) is 0 Å². The lowest BCUT2D eigenvalue weighted by Gasteiger charge is -2.17. The van der Waals surface area contributed by atoms with Gasteiger partial charge in [-0.1, -0.05) is 18.2 Å². The van der Waals surface area contributed by atoms with Crippen molar-refractivity contribution in [2.24, 2.45) is 5.92 Å². The maximum absolute atomic E-state index is 12.5. The normalized spacial score (nSPS) is 15.7. The number of aliphatic hydroxyl groups excluding tert-OH is 1. The molecule has 5 heteroatoms. The lowest BCUT2D eigenvalue weighted by molar-refractivity contribution is 0.0917. The minimum absolute atomic E-state index is 0.0571. The van der Waals surface area contributed by atoms with Crippen molar-refractivity contribution < 1.29 is 9.90 Å². The second kappa shape index (κ2) is 6.10. The number of rotatable bonds is 6. The van der Waals surface area contributed by atoms with Gasteiger partial charge in [0.25, 0.3) is 5.91 Å². The van der Waals surface area contributed by atoms with E-state index in [9.17, 15) is 4.79 Å². The monoisotopic (exact) mass is 285 g/mol. The average Bonchev–Trinajstić information content (AvgIpc) is 3.24. The lowest BCUT2D eigenvalue weighted by atomic mass is 10.1. The molecular weight excluding hydrogens is 266 g/mol. The quantitative estimate of drug-likeness (QED) is 0.850. The van der Waals surface area contributed by atoms with E-state index in [-0.39, 0.29) is 18.6 Å². The van der Waals surface area contributed by atoms with Crippen LogP contribution in [0.4, 0.5) is 0 Å². The lowest BCUT2D eigenvalue weighted by Crippen LogP contribution is -2.38. The number of carbonyl (C=O) groups is 1. The summed E-state index contributed by atoms with van der Waals surface area (Å²) in [6.07, 6.45) is 6.08. The highest BCUT2D eigenvalue weighted by atomic mass is 16.3. The number of hydrogen-bond acceptors (Lipinski definition) is 3. The first-order chi connectivity index (χ1) is 10.3. The van der Waals surface area contributed by atoms with E-state index in [0.717, 1.165) is 18.5 Å². The summed E-state index contributed by atoms with van der Waals surface area (Å²) in [7, 11) is 0. The van der Waals surface area contributed by atoms with E-state index >= 15 is 0 Å². The number of nitrogens with one attached hydrogen (secondary N) is 1. The molecule has 0 radical (unpaired) electrons. The third-order valence-electron chi connectivity index (χ3n) is 3.85. The van der Waals surface area contributed by atoms with Gasteiger partial charge in [0.2, 0.25) is 0 Å². The molecule has 2 aromatic rings. The van der Waals surface area contributed by atoms with Crippen molar-refractivity contribution in [3.05, 3.63) is 48.5 Å². The average molecular weight is 285 g/mol.